The molecule has 52 heavy (non-hydrogen) atoms. The summed E-state index contributed by atoms with van der Waals surface area (Å²) < 4.78 is 13.0. The molecule has 7 heteroatoms. The summed E-state index contributed by atoms with van der Waals surface area (Å²) in [6.07, 6.45) is 1.95. The summed E-state index contributed by atoms with van der Waals surface area (Å²) in [5.41, 5.74) is 5.95. The molecular formula is C45H38N4OS2. The van der Waals surface area contributed by atoms with Crippen LogP contribution >= 0.6 is 22.7 Å². The third-order valence-corrected chi connectivity index (χ3v) is 12.8. The van der Waals surface area contributed by atoms with Gasteiger partial charge in [0.1, 0.15) is 22.3 Å². The Morgan fingerprint density at radius 1 is 0.692 bits per heavy atom. The maximum Gasteiger partial charge on any atom is 0.137 e. The number of hydrogen-bond acceptors (Lipinski definition) is 6. The molecule has 4 aromatic heterocycles. The van der Waals surface area contributed by atoms with Gasteiger partial charge in [0.05, 0.1) is 23.4 Å². The van der Waals surface area contributed by atoms with Crippen molar-refractivity contribution >= 4 is 91.1 Å². The Balaban J connectivity index is 1.12. The van der Waals surface area contributed by atoms with Crippen LogP contribution in [0.1, 0.15) is 40.2 Å². The number of pyridine rings is 1. The molecule has 9 aromatic rings. The molecule has 10 rings (SSSR count). The van der Waals surface area contributed by atoms with Crippen molar-refractivity contribution in [2.75, 3.05) is 16.5 Å². The number of anilines is 3. The summed E-state index contributed by atoms with van der Waals surface area (Å²) in [7, 11) is 0. The molecule has 0 saturated carbocycles. The van der Waals surface area contributed by atoms with E-state index in [1.165, 1.54) is 62.8 Å². The Kier molecular flexibility index (Phi) is 6.98. The van der Waals surface area contributed by atoms with Gasteiger partial charge >= 0.3 is 0 Å². The third-order valence-electron chi connectivity index (χ3n) is 10.4. The van der Waals surface area contributed by atoms with Gasteiger partial charge in [-0.3, -0.25) is 4.57 Å². The minimum Gasteiger partial charge on any atom is -0.457 e. The summed E-state index contributed by atoms with van der Waals surface area (Å²) in [5, 5.41) is 7.55. The zero-order valence-electron chi connectivity index (χ0n) is 29.8. The number of thiophene rings is 2. The minimum atomic E-state index is -0.0156. The summed E-state index contributed by atoms with van der Waals surface area (Å²) in [5.74, 6) is 2.52. The average molecular weight is 715 g/mol. The molecule has 5 aromatic carbocycles. The van der Waals surface area contributed by atoms with Crippen molar-refractivity contribution in [2.24, 2.45) is 0 Å². The second kappa shape index (κ2) is 11.6. The van der Waals surface area contributed by atoms with Gasteiger partial charge in [0, 0.05) is 71.1 Å². The quantitative estimate of drug-likeness (QED) is 0.178. The molecule has 0 spiro atoms. The van der Waals surface area contributed by atoms with E-state index in [1.807, 2.05) is 28.9 Å². The van der Waals surface area contributed by atoms with Crippen LogP contribution in [-0.4, -0.2) is 22.3 Å². The second-order valence-electron chi connectivity index (χ2n) is 15.1. The van der Waals surface area contributed by atoms with Crippen molar-refractivity contribution in [3.05, 3.63) is 127 Å². The Hall–Kier alpha value is -5.37. The highest BCUT2D eigenvalue weighted by atomic mass is 32.1. The molecule has 1 aliphatic rings. The summed E-state index contributed by atoms with van der Waals surface area (Å²) in [4.78, 5) is 9.94. The van der Waals surface area contributed by atoms with E-state index < -0.39 is 0 Å². The smallest absolute Gasteiger partial charge is 0.137 e. The van der Waals surface area contributed by atoms with Gasteiger partial charge in [-0.15, -0.1) is 22.7 Å². The van der Waals surface area contributed by atoms with E-state index in [0.29, 0.717) is 6.04 Å². The van der Waals surface area contributed by atoms with E-state index in [0.717, 1.165) is 35.2 Å². The number of benzene rings is 5. The maximum atomic E-state index is 6.75. The van der Waals surface area contributed by atoms with Crippen LogP contribution in [0.15, 0.2) is 121 Å². The molecule has 0 bridgehead atoms. The van der Waals surface area contributed by atoms with Gasteiger partial charge in [0.25, 0.3) is 0 Å². The monoisotopic (exact) mass is 714 g/mol. The number of nitrogens with zero attached hydrogens (tertiary/aromatic N) is 4. The highest BCUT2D eigenvalue weighted by Crippen LogP contribution is 2.52. The topological polar surface area (TPSA) is 33.5 Å². The number of fused-ring (bicyclic) bond motifs is 10. The minimum absolute atomic E-state index is 0.0156. The third kappa shape index (κ3) is 4.83. The van der Waals surface area contributed by atoms with Crippen LogP contribution in [0, 0.1) is 0 Å². The lowest BCUT2D eigenvalue weighted by Crippen LogP contribution is -2.33. The summed E-state index contributed by atoms with van der Waals surface area (Å²) >= 11 is 3.71. The lowest BCUT2D eigenvalue weighted by atomic mass is 9.88. The number of aromatic nitrogens is 2. The molecule has 1 aliphatic heterocycles. The van der Waals surface area contributed by atoms with Crippen molar-refractivity contribution in [1.82, 2.24) is 9.55 Å². The zero-order valence-corrected chi connectivity index (χ0v) is 31.5. The van der Waals surface area contributed by atoms with Crippen molar-refractivity contribution in [3.63, 3.8) is 0 Å². The van der Waals surface area contributed by atoms with Crippen LogP contribution in [0.25, 0.3) is 57.9 Å². The molecule has 0 radical (unpaired) electrons. The highest BCUT2D eigenvalue weighted by Gasteiger charge is 2.33. The molecule has 0 amide bonds. The van der Waals surface area contributed by atoms with Crippen LogP contribution in [-0.2, 0) is 5.41 Å². The molecule has 0 saturated heterocycles. The summed E-state index contributed by atoms with van der Waals surface area (Å²) in [6.45, 7) is 12.1. The predicted molar refractivity (Wildman–Crippen MR) is 223 cm³/mol. The normalized spacial score (nSPS) is 13.5. The van der Waals surface area contributed by atoms with E-state index in [4.69, 9.17) is 9.72 Å². The number of hydrogen-bond donors (Lipinski definition) is 0. The number of ether oxygens (including phenoxy) is 1. The largest absolute Gasteiger partial charge is 0.457 e. The van der Waals surface area contributed by atoms with Gasteiger partial charge in [-0.25, -0.2) is 4.98 Å². The molecule has 256 valence electrons. The SMILES string of the molecule is CC(C)N1CN(c2cccc(Oc3ccc4c5ccc6sc7ccccc7c6c5n(-c5cc(C(C)(C)C)ccn5)c4c3)c2)c2sc3ccccc3c21. The van der Waals surface area contributed by atoms with E-state index in [2.05, 4.69) is 164 Å². The first-order chi connectivity index (χ1) is 25.2. The van der Waals surface area contributed by atoms with Crippen molar-refractivity contribution in [2.45, 2.75) is 46.1 Å². The molecular weight excluding hydrogens is 677 g/mol. The van der Waals surface area contributed by atoms with E-state index >= 15 is 0 Å². The highest BCUT2D eigenvalue weighted by molar-refractivity contribution is 7.26. The molecule has 0 fully saturated rings. The van der Waals surface area contributed by atoms with Crippen molar-refractivity contribution in [1.29, 1.82) is 0 Å². The molecule has 5 nitrogen and oxygen atoms in total. The molecule has 0 atom stereocenters. The molecule has 5 heterocycles. The van der Waals surface area contributed by atoms with Crippen molar-refractivity contribution in [3.8, 4) is 17.3 Å². The standard InChI is InChI=1S/C45H38N4OS2/c1-27(2)47-26-48(44-43(47)35-14-7-9-16-38(35)52-44)29-11-10-12-30(24-29)50-31-17-18-32-33-19-20-39-41(34-13-6-8-15-37(34)51-39)42(33)49(36(32)25-31)40-23-28(21-22-46-40)45(3,4)5/h6-25,27H,26H2,1-5H3. The first-order valence-electron chi connectivity index (χ1n) is 17.9. The van der Waals surface area contributed by atoms with Crippen LogP contribution in [0.3, 0.4) is 0 Å². The first-order valence-corrected chi connectivity index (χ1v) is 19.6. The molecule has 0 unspecified atom stereocenters. The van der Waals surface area contributed by atoms with Gasteiger partial charge in [-0.2, -0.15) is 0 Å². The van der Waals surface area contributed by atoms with Crippen LogP contribution in [0.5, 0.6) is 11.5 Å². The van der Waals surface area contributed by atoms with E-state index in [9.17, 15) is 0 Å². The Morgan fingerprint density at radius 2 is 1.44 bits per heavy atom. The fraction of sp³-hybridized carbons (Fsp3) is 0.178. The Bertz CT molecular complexity index is 2850. The molecule has 0 N–H and O–H groups in total. The Labute approximate surface area is 310 Å². The fourth-order valence-electron chi connectivity index (χ4n) is 7.84. The van der Waals surface area contributed by atoms with Gasteiger partial charge in [-0.1, -0.05) is 69.3 Å². The maximum absolute atomic E-state index is 6.75. The van der Waals surface area contributed by atoms with Crippen LogP contribution < -0.4 is 14.5 Å². The Morgan fingerprint density at radius 3 is 2.25 bits per heavy atom. The lowest BCUT2D eigenvalue weighted by Gasteiger charge is -2.26. The molecule has 0 aliphatic carbocycles. The zero-order chi connectivity index (χ0) is 35.3. The first kappa shape index (κ1) is 31.4. The number of rotatable bonds is 5. The van der Waals surface area contributed by atoms with Crippen LogP contribution in [0.4, 0.5) is 16.4 Å². The van der Waals surface area contributed by atoms with Crippen molar-refractivity contribution < 1.29 is 4.74 Å². The second-order valence-corrected chi connectivity index (χ2v) is 17.2. The van der Waals surface area contributed by atoms with Gasteiger partial charge in [0.15, 0.2) is 0 Å². The average Bonchev–Trinajstić information content (AvgIpc) is 3.89. The summed E-state index contributed by atoms with van der Waals surface area (Å²) in [6, 6.07) is 41.9. The lowest BCUT2D eigenvalue weighted by molar-refractivity contribution is 0.483. The predicted octanol–water partition coefficient (Wildman–Crippen LogP) is 13.2. The van der Waals surface area contributed by atoms with Gasteiger partial charge < -0.3 is 14.5 Å². The fourth-order valence-corrected chi connectivity index (χ4v) is 10.2. The van der Waals surface area contributed by atoms with Gasteiger partial charge in [-0.05, 0) is 79.4 Å². The van der Waals surface area contributed by atoms with Gasteiger partial charge in [0.2, 0.25) is 0 Å². The van der Waals surface area contributed by atoms with E-state index in [1.54, 1.807) is 0 Å². The van der Waals surface area contributed by atoms with E-state index in [-0.39, 0.29) is 5.41 Å². The van der Waals surface area contributed by atoms with Crippen LogP contribution in [0.2, 0.25) is 0 Å².